The third kappa shape index (κ3) is 5.55. The number of nitrogens with one attached hydrogen (secondary N) is 2. The molecule has 0 aliphatic heterocycles. The van der Waals surface area contributed by atoms with Crippen LogP contribution < -0.4 is 15.4 Å². The zero-order valence-electron chi connectivity index (χ0n) is 17.7. The molecule has 1 aromatic heterocycles. The molecule has 174 valence electrons. The fourth-order valence-corrected chi connectivity index (χ4v) is 3.27. The van der Waals surface area contributed by atoms with Crippen molar-refractivity contribution < 1.29 is 31.9 Å². The van der Waals surface area contributed by atoms with Crippen molar-refractivity contribution in [2.75, 3.05) is 11.9 Å². The van der Waals surface area contributed by atoms with E-state index in [1.165, 1.54) is 24.3 Å². The lowest BCUT2D eigenvalue weighted by molar-refractivity contribution is -0.123. The lowest BCUT2D eigenvalue weighted by Gasteiger charge is -2.10. The molecule has 0 radical (unpaired) electrons. The minimum absolute atomic E-state index is 0.0305. The van der Waals surface area contributed by atoms with E-state index < -0.39 is 24.5 Å². The van der Waals surface area contributed by atoms with E-state index in [9.17, 15) is 22.8 Å². The highest BCUT2D eigenvalue weighted by atomic mass is 19.4. The molecule has 2 amide bonds. The topological polar surface area (TPSA) is 80.6 Å². The Morgan fingerprint density at radius 1 is 0.853 bits per heavy atom. The predicted octanol–water partition coefficient (Wildman–Crippen LogP) is 5.56. The molecule has 0 atom stereocenters. The second kappa shape index (κ2) is 9.70. The Hall–Kier alpha value is -4.27. The smallest absolute Gasteiger partial charge is 0.405 e. The summed E-state index contributed by atoms with van der Waals surface area (Å²) in [7, 11) is 0. The molecule has 0 fully saturated rings. The van der Waals surface area contributed by atoms with Crippen LogP contribution in [0.15, 0.2) is 83.3 Å². The van der Waals surface area contributed by atoms with Gasteiger partial charge in [0.25, 0.3) is 11.8 Å². The summed E-state index contributed by atoms with van der Waals surface area (Å²) in [6.45, 7) is -1.33. The van der Waals surface area contributed by atoms with E-state index in [4.69, 9.17) is 9.15 Å². The summed E-state index contributed by atoms with van der Waals surface area (Å²) in [5, 5.41) is 5.21. The molecule has 0 aliphatic carbocycles. The van der Waals surface area contributed by atoms with Gasteiger partial charge in [-0.1, -0.05) is 36.4 Å². The standard InChI is InChI=1S/C25H19F3N2O4/c26-25(27,28)15-29-23(31)16-10-12-17(13-11-16)30-24(32)22-20(14-33-18-6-2-1-3-7-18)19-8-4-5-9-21(19)34-22/h1-13H,14-15H2,(H,29,31)(H,30,32). The molecule has 4 aromatic rings. The van der Waals surface area contributed by atoms with E-state index in [1.807, 2.05) is 30.3 Å². The van der Waals surface area contributed by atoms with E-state index >= 15 is 0 Å². The first-order chi connectivity index (χ1) is 16.3. The molecular weight excluding hydrogens is 449 g/mol. The second-order valence-corrected chi connectivity index (χ2v) is 7.34. The van der Waals surface area contributed by atoms with Crippen molar-refractivity contribution in [2.24, 2.45) is 0 Å². The van der Waals surface area contributed by atoms with Crippen LogP contribution in [0.25, 0.3) is 11.0 Å². The average molecular weight is 468 g/mol. The summed E-state index contributed by atoms with van der Waals surface area (Å²) in [4.78, 5) is 24.8. The number of carbonyl (C=O) groups is 2. The van der Waals surface area contributed by atoms with Gasteiger partial charge in [-0.25, -0.2) is 0 Å². The van der Waals surface area contributed by atoms with Crippen LogP contribution in [0.5, 0.6) is 5.75 Å². The van der Waals surface area contributed by atoms with Gasteiger partial charge in [-0.05, 0) is 42.5 Å². The molecule has 3 aromatic carbocycles. The Morgan fingerprint density at radius 3 is 2.24 bits per heavy atom. The summed E-state index contributed by atoms with van der Waals surface area (Å²) in [5.74, 6) is -0.687. The molecule has 0 saturated carbocycles. The van der Waals surface area contributed by atoms with E-state index in [0.29, 0.717) is 22.6 Å². The van der Waals surface area contributed by atoms with Gasteiger partial charge in [0.15, 0.2) is 5.76 Å². The lowest BCUT2D eigenvalue weighted by Crippen LogP contribution is -2.33. The Labute approximate surface area is 192 Å². The molecule has 9 heteroatoms. The first-order valence-corrected chi connectivity index (χ1v) is 10.2. The normalized spacial score (nSPS) is 11.3. The molecule has 0 unspecified atom stereocenters. The summed E-state index contributed by atoms with van der Waals surface area (Å²) in [5.41, 5.74) is 1.46. The fraction of sp³-hybridized carbons (Fsp3) is 0.120. The number of alkyl halides is 3. The van der Waals surface area contributed by atoms with Gasteiger partial charge >= 0.3 is 6.18 Å². The maximum Gasteiger partial charge on any atom is 0.405 e. The van der Waals surface area contributed by atoms with E-state index in [-0.39, 0.29) is 17.9 Å². The highest BCUT2D eigenvalue weighted by Gasteiger charge is 2.28. The zero-order chi connectivity index (χ0) is 24.1. The number of para-hydroxylation sites is 2. The third-order valence-corrected chi connectivity index (χ3v) is 4.89. The summed E-state index contributed by atoms with van der Waals surface area (Å²) < 4.78 is 48.5. The first kappa shape index (κ1) is 22.9. The van der Waals surface area contributed by atoms with Crippen molar-refractivity contribution in [2.45, 2.75) is 12.8 Å². The Balaban J connectivity index is 1.50. The van der Waals surface area contributed by atoms with Gasteiger partial charge in [-0.3, -0.25) is 9.59 Å². The van der Waals surface area contributed by atoms with Crippen molar-refractivity contribution in [3.05, 3.63) is 95.7 Å². The number of furan rings is 1. The monoisotopic (exact) mass is 468 g/mol. The highest BCUT2D eigenvalue weighted by Crippen LogP contribution is 2.28. The van der Waals surface area contributed by atoms with Gasteiger partial charge in [0.1, 0.15) is 24.5 Å². The molecule has 1 heterocycles. The van der Waals surface area contributed by atoms with Crippen LogP contribution in [0, 0.1) is 0 Å². The van der Waals surface area contributed by atoms with Gasteiger partial charge in [-0.15, -0.1) is 0 Å². The highest BCUT2D eigenvalue weighted by molar-refractivity contribution is 6.06. The Morgan fingerprint density at radius 2 is 1.53 bits per heavy atom. The van der Waals surface area contributed by atoms with Gasteiger partial charge in [0.05, 0.1) is 0 Å². The minimum atomic E-state index is -4.50. The Kier molecular flexibility index (Phi) is 6.53. The van der Waals surface area contributed by atoms with Crippen LogP contribution in [0.4, 0.5) is 18.9 Å². The van der Waals surface area contributed by atoms with Crippen LogP contribution in [-0.2, 0) is 6.61 Å². The number of fused-ring (bicyclic) bond motifs is 1. The molecule has 0 aliphatic rings. The van der Waals surface area contributed by atoms with Crippen molar-refractivity contribution in [1.29, 1.82) is 0 Å². The number of hydrogen-bond donors (Lipinski definition) is 2. The van der Waals surface area contributed by atoms with Crippen LogP contribution in [0.3, 0.4) is 0 Å². The molecule has 34 heavy (non-hydrogen) atoms. The van der Waals surface area contributed by atoms with Crippen LogP contribution in [-0.4, -0.2) is 24.5 Å². The van der Waals surface area contributed by atoms with Gasteiger partial charge < -0.3 is 19.8 Å². The largest absolute Gasteiger partial charge is 0.489 e. The fourth-order valence-electron chi connectivity index (χ4n) is 3.27. The number of carbonyl (C=O) groups excluding carboxylic acids is 2. The molecule has 2 N–H and O–H groups in total. The number of hydrogen-bond acceptors (Lipinski definition) is 4. The molecule has 4 rings (SSSR count). The predicted molar refractivity (Wildman–Crippen MR) is 120 cm³/mol. The average Bonchev–Trinajstić information content (AvgIpc) is 3.21. The summed E-state index contributed by atoms with van der Waals surface area (Å²) in [6, 6.07) is 21.8. The molecule has 0 spiro atoms. The number of benzene rings is 3. The number of halogens is 3. The van der Waals surface area contributed by atoms with Crippen molar-refractivity contribution in [3.63, 3.8) is 0 Å². The van der Waals surface area contributed by atoms with Crippen LogP contribution >= 0.6 is 0 Å². The maximum absolute atomic E-state index is 13.0. The van der Waals surface area contributed by atoms with Crippen molar-refractivity contribution >= 4 is 28.5 Å². The quantitative estimate of drug-likeness (QED) is 0.372. The maximum atomic E-state index is 13.0. The van der Waals surface area contributed by atoms with E-state index in [1.54, 1.807) is 29.6 Å². The van der Waals surface area contributed by atoms with E-state index in [2.05, 4.69) is 5.32 Å². The van der Waals surface area contributed by atoms with Crippen LogP contribution in [0.2, 0.25) is 0 Å². The summed E-state index contributed by atoms with van der Waals surface area (Å²) in [6.07, 6.45) is -4.50. The number of ether oxygens (including phenoxy) is 1. The SMILES string of the molecule is O=C(NCC(F)(F)F)c1ccc(NC(=O)c2oc3ccccc3c2COc2ccccc2)cc1. The van der Waals surface area contributed by atoms with Crippen LogP contribution in [0.1, 0.15) is 26.5 Å². The van der Waals surface area contributed by atoms with Crippen molar-refractivity contribution in [1.82, 2.24) is 5.32 Å². The molecule has 0 saturated heterocycles. The summed E-state index contributed by atoms with van der Waals surface area (Å²) >= 11 is 0. The van der Waals surface area contributed by atoms with Gasteiger partial charge in [0, 0.05) is 22.2 Å². The number of anilines is 1. The molecular formula is C25H19F3N2O4. The third-order valence-electron chi connectivity index (χ3n) is 4.89. The van der Waals surface area contributed by atoms with Gasteiger partial charge in [0.2, 0.25) is 0 Å². The molecule has 0 bridgehead atoms. The van der Waals surface area contributed by atoms with Gasteiger partial charge in [-0.2, -0.15) is 13.2 Å². The first-order valence-electron chi connectivity index (χ1n) is 10.2. The molecule has 6 nitrogen and oxygen atoms in total. The van der Waals surface area contributed by atoms with E-state index in [0.717, 1.165) is 5.39 Å². The second-order valence-electron chi connectivity index (χ2n) is 7.34. The Bertz CT molecular complexity index is 1300. The lowest BCUT2D eigenvalue weighted by atomic mass is 10.1. The number of rotatable bonds is 7. The zero-order valence-corrected chi connectivity index (χ0v) is 17.7. The minimum Gasteiger partial charge on any atom is -0.489 e. The number of amides is 2. The van der Waals surface area contributed by atoms with Crippen molar-refractivity contribution in [3.8, 4) is 5.75 Å².